The molecule has 1 saturated heterocycles. The smallest absolute Gasteiger partial charge is 0.207 e. The second-order valence-electron chi connectivity index (χ2n) is 4.09. The van der Waals surface area contributed by atoms with Gasteiger partial charge in [0.2, 0.25) is 6.41 Å². The molecule has 0 aliphatic carbocycles. The quantitative estimate of drug-likeness (QED) is 0.432. The largest absolute Gasteiger partial charge is 0.378 e. The minimum Gasteiger partial charge on any atom is -0.378 e. The summed E-state index contributed by atoms with van der Waals surface area (Å²) in [6.45, 7) is 5.27. The van der Waals surface area contributed by atoms with Gasteiger partial charge in [0.15, 0.2) is 0 Å². The molecule has 5 nitrogen and oxygen atoms in total. The van der Waals surface area contributed by atoms with Crippen molar-refractivity contribution in [2.45, 2.75) is 18.9 Å². The third kappa shape index (κ3) is 5.44. The van der Waals surface area contributed by atoms with Crippen LogP contribution in [0.25, 0.3) is 0 Å². The highest BCUT2D eigenvalue weighted by atomic mass is 16.5. The Balaban J connectivity index is 1.92. The number of ether oxygens (including phenoxy) is 1. The third-order valence-corrected chi connectivity index (χ3v) is 3.02. The first kappa shape index (κ1) is 13.4. The van der Waals surface area contributed by atoms with Crippen LogP contribution in [0.1, 0.15) is 12.8 Å². The predicted octanol–water partition coefficient (Wildman–Crippen LogP) is -0.567. The molecule has 0 saturated carbocycles. The second kappa shape index (κ2) is 8.50. The molecule has 16 heavy (non-hydrogen) atoms. The van der Waals surface area contributed by atoms with Crippen LogP contribution in [0.2, 0.25) is 0 Å². The summed E-state index contributed by atoms with van der Waals surface area (Å²) >= 11 is 0. The molecule has 2 N–H and O–H groups in total. The molecule has 1 heterocycles. The number of likely N-dealkylation sites (tertiary alicyclic amines) is 1. The zero-order valence-corrected chi connectivity index (χ0v) is 10.1. The van der Waals surface area contributed by atoms with Crippen LogP contribution in [-0.4, -0.2) is 63.8 Å². The fourth-order valence-corrected chi connectivity index (χ4v) is 1.93. The molecule has 0 atom stereocenters. The van der Waals surface area contributed by atoms with Gasteiger partial charge < -0.3 is 20.3 Å². The number of nitrogens with one attached hydrogen (secondary N) is 2. The topological polar surface area (TPSA) is 53.6 Å². The Hall–Kier alpha value is -0.650. The number of piperidine rings is 1. The van der Waals surface area contributed by atoms with Crippen molar-refractivity contribution >= 4 is 6.41 Å². The van der Waals surface area contributed by atoms with Crippen LogP contribution >= 0.6 is 0 Å². The molecule has 1 aliphatic heterocycles. The molecule has 0 radical (unpaired) electrons. The molecule has 0 bridgehead atoms. The second-order valence-corrected chi connectivity index (χ2v) is 4.09. The Morgan fingerprint density at radius 2 is 2.12 bits per heavy atom. The summed E-state index contributed by atoms with van der Waals surface area (Å²) in [5.41, 5.74) is 0. The Bertz CT molecular complexity index is 182. The predicted molar refractivity (Wildman–Crippen MR) is 63.4 cm³/mol. The highest BCUT2D eigenvalue weighted by Crippen LogP contribution is 2.08. The van der Waals surface area contributed by atoms with Gasteiger partial charge in [-0.15, -0.1) is 0 Å². The van der Waals surface area contributed by atoms with E-state index in [2.05, 4.69) is 15.5 Å². The summed E-state index contributed by atoms with van der Waals surface area (Å²) < 4.78 is 5.41. The van der Waals surface area contributed by atoms with Crippen molar-refractivity contribution in [2.24, 2.45) is 0 Å². The Labute approximate surface area is 97.5 Å². The van der Waals surface area contributed by atoms with E-state index < -0.39 is 0 Å². The monoisotopic (exact) mass is 229 g/mol. The zero-order valence-electron chi connectivity index (χ0n) is 10.1. The van der Waals surface area contributed by atoms with E-state index in [9.17, 15) is 4.79 Å². The highest BCUT2D eigenvalue weighted by Gasteiger charge is 2.16. The Morgan fingerprint density at radius 3 is 2.75 bits per heavy atom. The molecule has 1 rings (SSSR count). The number of amides is 1. The van der Waals surface area contributed by atoms with Crippen LogP contribution in [0.3, 0.4) is 0 Å². The molecule has 94 valence electrons. The van der Waals surface area contributed by atoms with Crippen molar-refractivity contribution in [3.63, 3.8) is 0 Å². The van der Waals surface area contributed by atoms with Gasteiger partial charge in [-0.2, -0.15) is 0 Å². The zero-order chi connectivity index (χ0) is 11.6. The van der Waals surface area contributed by atoms with Crippen LogP contribution in [0, 0.1) is 0 Å². The van der Waals surface area contributed by atoms with Crippen molar-refractivity contribution in [3.05, 3.63) is 0 Å². The number of hydrogen-bond acceptors (Lipinski definition) is 4. The van der Waals surface area contributed by atoms with E-state index in [4.69, 9.17) is 4.74 Å². The minimum absolute atomic E-state index is 0.603. The number of hydrogen-bond donors (Lipinski definition) is 2. The van der Waals surface area contributed by atoms with Crippen LogP contribution in [0.15, 0.2) is 0 Å². The summed E-state index contributed by atoms with van der Waals surface area (Å²) in [6, 6.07) is 0.689. The molecule has 0 aromatic heterocycles. The lowest BCUT2D eigenvalue weighted by molar-refractivity contribution is -0.109. The maximum absolute atomic E-state index is 9.96. The summed E-state index contributed by atoms with van der Waals surface area (Å²) in [7, 11) is 2.03. The van der Waals surface area contributed by atoms with E-state index in [-0.39, 0.29) is 0 Å². The molecular formula is C11H23N3O2. The van der Waals surface area contributed by atoms with Crippen LogP contribution in [-0.2, 0) is 9.53 Å². The summed E-state index contributed by atoms with van der Waals surface area (Å²) in [6.07, 6.45) is 3.15. The van der Waals surface area contributed by atoms with Crippen LogP contribution < -0.4 is 10.6 Å². The molecule has 0 spiro atoms. The number of nitrogens with zero attached hydrogens (tertiary/aromatic N) is 1. The Kier molecular flexibility index (Phi) is 7.12. The van der Waals surface area contributed by atoms with Gasteiger partial charge in [-0.3, -0.25) is 4.79 Å². The molecule has 0 unspecified atom stereocenters. The standard InChI is InChI=1S/C11H23N3O2/c1-12-11-2-5-14(6-3-11)7-9-16-8-4-13-10-15/h10-12H,2-9H2,1H3,(H,13,15). The highest BCUT2D eigenvalue weighted by molar-refractivity contribution is 5.45. The lowest BCUT2D eigenvalue weighted by Gasteiger charge is -2.31. The molecular weight excluding hydrogens is 206 g/mol. The first-order valence-electron chi connectivity index (χ1n) is 6.01. The van der Waals surface area contributed by atoms with E-state index in [1.807, 2.05) is 7.05 Å². The van der Waals surface area contributed by atoms with Gasteiger partial charge in [0, 0.05) is 19.1 Å². The summed E-state index contributed by atoms with van der Waals surface area (Å²) in [5, 5.41) is 5.89. The normalized spacial score (nSPS) is 18.6. The lowest BCUT2D eigenvalue weighted by Crippen LogP contribution is -2.42. The fourth-order valence-electron chi connectivity index (χ4n) is 1.93. The Morgan fingerprint density at radius 1 is 1.38 bits per heavy atom. The van der Waals surface area contributed by atoms with Crippen molar-refractivity contribution in [3.8, 4) is 0 Å². The molecule has 5 heteroatoms. The van der Waals surface area contributed by atoms with Gasteiger partial charge in [-0.1, -0.05) is 0 Å². The van der Waals surface area contributed by atoms with Gasteiger partial charge >= 0.3 is 0 Å². The van der Waals surface area contributed by atoms with E-state index >= 15 is 0 Å². The average Bonchev–Trinajstić information content (AvgIpc) is 2.34. The van der Waals surface area contributed by atoms with Gasteiger partial charge in [0.05, 0.1) is 13.2 Å². The lowest BCUT2D eigenvalue weighted by atomic mass is 10.1. The number of carbonyl (C=O) groups is 1. The average molecular weight is 229 g/mol. The van der Waals surface area contributed by atoms with Crippen LogP contribution in [0.5, 0.6) is 0 Å². The summed E-state index contributed by atoms with van der Waals surface area (Å²) in [5.74, 6) is 0. The SMILES string of the molecule is CNC1CCN(CCOCCNC=O)CC1. The van der Waals surface area contributed by atoms with Crippen LogP contribution in [0.4, 0.5) is 0 Å². The van der Waals surface area contributed by atoms with E-state index in [0.29, 0.717) is 25.6 Å². The van der Waals surface area contributed by atoms with Crippen molar-refractivity contribution in [2.75, 3.05) is 46.4 Å². The maximum Gasteiger partial charge on any atom is 0.207 e. The van der Waals surface area contributed by atoms with Crippen molar-refractivity contribution in [1.29, 1.82) is 0 Å². The summed E-state index contributed by atoms with van der Waals surface area (Å²) in [4.78, 5) is 12.4. The van der Waals surface area contributed by atoms with Gasteiger partial charge in [-0.05, 0) is 33.0 Å². The molecule has 0 aromatic rings. The van der Waals surface area contributed by atoms with E-state index in [1.165, 1.54) is 12.8 Å². The van der Waals surface area contributed by atoms with Gasteiger partial charge in [0.25, 0.3) is 0 Å². The maximum atomic E-state index is 9.96. The first-order valence-corrected chi connectivity index (χ1v) is 6.01. The fraction of sp³-hybridized carbons (Fsp3) is 0.909. The minimum atomic E-state index is 0.603. The molecule has 1 fully saturated rings. The van der Waals surface area contributed by atoms with E-state index in [1.54, 1.807) is 0 Å². The molecule has 0 aromatic carbocycles. The van der Waals surface area contributed by atoms with Gasteiger partial charge in [-0.25, -0.2) is 0 Å². The van der Waals surface area contributed by atoms with E-state index in [0.717, 1.165) is 26.2 Å². The number of rotatable bonds is 8. The molecule has 1 amide bonds. The van der Waals surface area contributed by atoms with Gasteiger partial charge in [0.1, 0.15) is 0 Å². The van der Waals surface area contributed by atoms with Crippen molar-refractivity contribution < 1.29 is 9.53 Å². The third-order valence-electron chi connectivity index (χ3n) is 3.02. The molecule has 1 aliphatic rings. The van der Waals surface area contributed by atoms with Crippen molar-refractivity contribution in [1.82, 2.24) is 15.5 Å². The first-order chi connectivity index (χ1) is 7.86. The number of carbonyl (C=O) groups excluding carboxylic acids is 1.